The molecule has 0 saturated heterocycles. The lowest BCUT2D eigenvalue weighted by Crippen LogP contribution is -2.25. The molecule has 0 fully saturated rings. The molecule has 30 heavy (non-hydrogen) atoms. The zero-order valence-corrected chi connectivity index (χ0v) is 15.6. The average Bonchev–Trinajstić information content (AvgIpc) is 3.29. The second kappa shape index (κ2) is 7.00. The van der Waals surface area contributed by atoms with Gasteiger partial charge in [-0.05, 0) is 54.6 Å². The van der Waals surface area contributed by atoms with E-state index >= 15 is 0 Å². The van der Waals surface area contributed by atoms with Gasteiger partial charge in [0.25, 0.3) is 0 Å². The van der Waals surface area contributed by atoms with Crippen LogP contribution in [0.5, 0.6) is 0 Å². The molecule has 7 nitrogen and oxygen atoms in total. The Bertz CT molecular complexity index is 1450. The van der Waals surface area contributed by atoms with Gasteiger partial charge in [-0.2, -0.15) is 0 Å². The first kappa shape index (κ1) is 17.9. The Morgan fingerprint density at radius 3 is 2.63 bits per heavy atom. The number of carbonyl (C=O) groups excluding carboxylic acids is 1. The Morgan fingerprint density at radius 2 is 1.80 bits per heavy atom. The summed E-state index contributed by atoms with van der Waals surface area (Å²) in [4.78, 5) is 35.1. The van der Waals surface area contributed by atoms with Gasteiger partial charge in [-0.25, -0.2) is 14.2 Å². The molecule has 5 rings (SSSR count). The maximum atomic E-state index is 13.1. The summed E-state index contributed by atoms with van der Waals surface area (Å²) in [7, 11) is 0. The molecule has 3 aromatic carbocycles. The second-order valence-electron chi connectivity index (χ2n) is 6.91. The highest BCUT2D eigenvalue weighted by atomic mass is 19.1. The van der Waals surface area contributed by atoms with Crippen molar-refractivity contribution in [3.63, 3.8) is 0 Å². The highest BCUT2D eigenvalue weighted by Crippen LogP contribution is 2.23. The topological polar surface area (TPSA) is 95.6 Å². The summed E-state index contributed by atoms with van der Waals surface area (Å²) in [5, 5.41) is 2.81. The minimum Gasteiger partial charge on any atom is -0.338 e. The van der Waals surface area contributed by atoms with Crippen LogP contribution < -0.4 is 11.0 Å². The number of aromatic nitrogens is 4. The van der Waals surface area contributed by atoms with Crippen molar-refractivity contribution in [2.45, 2.75) is 6.54 Å². The number of nitrogens with one attached hydrogen (secondary N) is 3. The van der Waals surface area contributed by atoms with E-state index in [9.17, 15) is 14.0 Å². The fourth-order valence-corrected chi connectivity index (χ4v) is 3.44. The van der Waals surface area contributed by atoms with E-state index in [1.54, 1.807) is 42.5 Å². The third-order valence-corrected chi connectivity index (χ3v) is 4.87. The van der Waals surface area contributed by atoms with E-state index in [0.717, 1.165) is 16.6 Å². The second-order valence-corrected chi connectivity index (χ2v) is 6.91. The van der Waals surface area contributed by atoms with Gasteiger partial charge in [0.1, 0.15) is 18.2 Å². The van der Waals surface area contributed by atoms with Crippen molar-refractivity contribution in [2.24, 2.45) is 0 Å². The first-order chi connectivity index (χ1) is 14.6. The summed E-state index contributed by atoms with van der Waals surface area (Å²) in [5.74, 6) is -0.0209. The zero-order valence-electron chi connectivity index (χ0n) is 15.6. The number of benzene rings is 3. The number of hydrogen-bond acceptors (Lipinski definition) is 3. The summed E-state index contributed by atoms with van der Waals surface area (Å²) in [6, 6.07) is 18.6. The minimum absolute atomic E-state index is 0.106. The predicted molar refractivity (Wildman–Crippen MR) is 113 cm³/mol. The van der Waals surface area contributed by atoms with E-state index in [4.69, 9.17) is 0 Å². The van der Waals surface area contributed by atoms with Crippen LogP contribution in [0, 0.1) is 5.82 Å². The number of aromatic amines is 2. The number of rotatable bonds is 4. The summed E-state index contributed by atoms with van der Waals surface area (Å²) in [6.45, 7) is -0.106. The number of carbonyl (C=O) groups is 1. The normalized spacial score (nSPS) is 11.2. The zero-order chi connectivity index (χ0) is 20.7. The largest absolute Gasteiger partial charge is 0.338 e. The molecule has 8 heteroatoms. The Morgan fingerprint density at radius 1 is 1.00 bits per heavy atom. The number of halogens is 1. The molecule has 0 aliphatic heterocycles. The fraction of sp³-hybridized carbons (Fsp3) is 0.0455. The van der Waals surface area contributed by atoms with E-state index in [1.165, 1.54) is 16.7 Å². The molecule has 5 aromatic rings. The summed E-state index contributed by atoms with van der Waals surface area (Å²) >= 11 is 0. The van der Waals surface area contributed by atoms with Gasteiger partial charge in [0.15, 0.2) is 0 Å². The molecule has 0 radical (unpaired) electrons. The molecule has 2 heterocycles. The molecule has 0 spiro atoms. The Kier molecular flexibility index (Phi) is 4.17. The van der Waals surface area contributed by atoms with Gasteiger partial charge in [0.2, 0.25) is 5.91 Å². The van der Waals surface area contributed by atoms with Crippen LogP contribution in [-0.2, 0) is 11.3 Å². The smallest absolute Gasteiger partial charge is 0.326 e. The number of para-hydroxylation sites is 2. The van der Waals surface area contributed by atoms with Crippen molar-refractivity contribution >= 4 is 33.7 Å². The van der Waals surface area contributed by atoms with Gasteiger partial charge in [0.05, 0.1) is 22.1 Å². The number of nitrogens with zero attached hydrogens (tertiary/aromatic N) is 2. The van der Waals surface area contributed by atoms with Gasteiger partial charge in [0, 0.05) is 11.3 Å². The SMILES string of the molecule is O=C(Cn1c(=O)[nH]c2ccccc21)Nc1ccc2nc(-c3ccc(F)cc3)[nH]c2c1. The standard InChI is InChI=1S/C22H16FN5O2/c23-14-7-5-13(6-8-14)21-25-16-10-9-15(11-18(16)26-21)24-20(29)12-28-19-4-2-1-3-17(19)27-22(28)30/h1-11H,12H2,(H,24,29)(H,25,26)(H,27,30). The number of fused-ring (bicyclic) bond motifs is 2. The number of H-pyrrole nitrogens is 2. The molecule has 148 valence electrons. The average molecular weight is 401 g/mol. The molecule has 0 bridgehead atoms. The first-order valence-electron chi connectivity index (χ1n) is 9.30. The first-order valence-corrected chi connectivity index (χ1v) is 9.30. The highest BCUT2D eigenvalue weighted by Gasteiger charge is 2.12. The molecule has 0 atom stereocenters. The lowest BCUT2D eigenvalue weighted by Gasteiger charge is -2.06. The van der Waals surface area contributed by atoms with Gasteiger partial charge >= 0.3 is 5.69 Å². The monoisotopic (exact) mass is 401 g/mol. The third kappa shape index (κ3) is 3.24. The van der Waals surface area contributed by atoms with Gasteiger partial charge in [-0.1, -0.05) is 12.1 Å². The van der Waals surface area contributed by atoms with Crippen molar-refractivity contribution in [1.29, 1.82) is 0 Å². The van der Waals surface area contributed by atoms with E-state index in [2.05, 4.69) is 20.3 Å². The van der Waals surface area contributed by atoms with Crippen molar-refractivity contribution < 1.29 is 9.18 Å². The van der Waals surface area contributed by atoms with Crippen molar-refractivity contribution in [3.05, 3.63) is 83.0 Å². The molecular formula is C22H16FN5O2. The van der Waals surface area contributed by atoms with Crippen LogP contribution in [0.1, 0.15) is 0 Å². The molecule has 0 aliphatic rings. The lowest BCUT2D eigenvalue weighted by molar-refractivity contribution is -0.116. The molecular weight excluding hydrogens is 385 g/mol. The molecule has 0 aliphatic carbocycles. The van der Waals surface area contributed by atoms with Crippen molar-refractivity contribution in [3.8, 4) is 11.4 Å². The number of hydrogen-bond donors (Lipinski definition) is 3. The van der Waals surface area contributed by atoms with Crippen LogP contribution in [0.2, 0.25) is 0 Å². The van der Waals surface area contributed by atoms with Gasteiger partial charge < -0.3 is 15.3 Å². The molecule has 0 saturated carbocycles. The Balaban J connectivity index is 1.38. The van der Waals surface area contributed by atoms with Crippen LogP contribution in [0.15, 0.2) is 71.5 Å². The Labute approximate surface area is 169 Å². The van der Waals surface area contributed by atoms with E-state index < -0.39 is 0 Å². The molecule has 0 unspecified atom stereocenters. The van der Waals surface area contributed by atoms with Gasteiger partial charge in [-0.15, -0.1) is 0 Å². The maximum absolute atomic E-state index is 13.1. The number of anilines is 1. The van der Waals surface area contributed by atoms with Crippen LogP contribution in [0.25, 0.3) is 33.5 Å². The van der Waals surface area contributed by atoms with Crippen LogP contribution >= 0.6 is 0 Å². The lowest BCUT2D eigenvalue weighted by atomic mass is 10.2. The summed E-state index contributed by atoms with van der Waals surface area (Å²) < 4.78 is 14.5. The number of amides is 1. The fourth-order valence-electron chi connectivity index (χ4n) is 3.44. The maximum Gasteiger partial charge on any atom is 0.326 e. The van der Waals surface area contributed by atoms with Gasteiger partial charge in [-0.3, -0.25) is 9.36 Å². The van der Waals surface area contributed by atoms with Crippen LogP contribution in [0.3, 0.4) is 0 Å². The molecule has 1 amide bonds. The van der Waals surface area contributed by atoms with Crippen molar-refractivity contribution in [2.75, 3.05) is 5.32 Å². The number of imidazole rings is 2. The quantitative estimate of drug-likeness (QED) is 0.429. The molecule has 3 N–H and O–H groups in total. The van der Waals surface area contributed by atoms with Crippen LogP contribution in [-0.4, -0.2) is 25.4 Å². The highest BCUT2D eigenvalue weighted by molar-refractivity contribution is 5.94. The van der Waals surface area contributed by atoms with Crippen LogP contribution in [0.4, 0.5) is 10.1 Å². The van der Waals surface area contributed by atoms with E-state index in [1.807, 2.05) is 12.1 Å². The van der Waals surface area contributed by atoms with Crippen molar-refractivity contribution in [1.82, 2.24) is 19.5 Å². The minimum atomic E-state index is -0.334. The van der Waals surface area contributed by atoms with E-state index in [0.29, 0.717) is 22.5 Å². The summed E-state index contributed by atoms with van der Waals surface area (Å²) in [5.41, 5.74) is 3.82. The Hall–Kier alpha value is -4.20. The summed E-state index contributed by atoms with van der Waals surface area (Å²) in [6.07, 6.45) is 0. The third-order valence-electron chi connectivity index (χ3n) is 4.87. The predicted octanol–water partition coefficient (Wildman–Crippen LogP) is 3.65. The molecule has 2 aromatic heterocycles. The van der Waals surface area contributed by atoms with E-state index in [-0.39, 0.29) is 24.0 Å².